The number of nitro groups is 4. The average molecular weight is 1920 g/mol. The topological polar surface area (TPSA) is 427 Å². The van der Waals surface area contributed by atoms with Crippen LogP contribution in [-0.2, 0) is 39.8 Å². The molecule has 0 spiro atoms. The zero-order valence-electron chi connectivity index (χ0n) is 82.0. The van der Waals surface area contributed by atoms with Gasteiger partial charge in [0.2, 0.25) is 5.36 Å². The summed E-state index contributed by atoms with van der Waals surface area (Å²) in [6.07, 6.45) is 8.54. The van der Waals surface area contributed by atoms with Gasteiger partial charge in [0, 0.05) is 117 Å². The van der Waals surface area contributed by atoms with Gasteiger partial charge in [0.15, 0.2) is 5.54 Å². The Morgan fingerprint density at radius 2 is 1.05 bits per heavy atom. The summed E-state index contributed by atoms with van der Waals surface area (Å²) in [4.78, 5) is 127. The number of carbonyl (C=O) groups excluding carboxylic acids is 6. The number of anilines is 2. The summed E-state index contributed by atoms with van der Waals surface area (Å²) in [5, 5.41) is 85.3. The van der Waals surface area contributed by atoms with E-state index < -0.39 is 65.6 Å². The number of aryl methyl sites for hydroxylation is 1. The van der Waals surface area contributed by atoms with Crippen molar-refractivity contribution in [2.75, 3.05) is 96.8 Å². The number of nitrogens with one attached hydrogen (secondary N) is 2. The van der Waals surface area contributed by atoms with E-state index >= 15 is 0 Å². The first-order chi connectivity index (χ1) is 64.8. The highest BCUT2D eigenvalue weighted by Gasteiger charge is 2.45. The van der Waals surface area contributed by atoms with Crippen molar-refractivity contribution < 1.29 is 82.5 Å². The lowest BCUT2D eigenvalue weighted by Crippen LogP contribution is -2.64. The number of hydrogen-bond acceptors (Lipinski definition) is 24. The van der Waals surface area contributed by atoms with Crippen LogP contribution in [0.2, 0.25) is 26.2 Å². The van der Waals surface area contributed by atoms with Gasteiger partial charge in [0.05, 0.1) is 101 Å². The molecule has 2 unspecified atom stereocenters. The van der Waals surface area contributed by atoms with Crippen molar-refractivity contribution in [1.82, 2.24) is 15.0 Å². The minimum atomic E-state index is -2.49. The molecular formula is C105H121N10O21Si2-. The van der Waals surface area contributed by atoms with Gasteiger partial charge in [-0.15, -0.1) is 5.06 Å². The summed E-state index contributed by atoms with van der Waals surface area (Å²) < 4.78 is 24.0. The predicted molar refractivity (Wildman–Crippen MR) is 533 cm³/mol. The summed E-state index contributed by atoms with van der Waals surface area (Å²) in [5.41, 5.74) is 20.3. The molecular weight excluding hydrogens is 1790 g/mol. The number of imide groups is 1. The molecule has 8 aromatic carbocycles. The fraction of sp³-hybridized carbons (Fsp3) is 0.400. The lowest BCUT2D eigenvalue weighted by Gasteiger charge is -2.43. The lowest BCUT2D eigenvalue weighted by atomic mass is 9.68. The van der Waals surface area contributed by atoms with Crippen LogP contribution in [0, 0.1) is 51.3 Å². The number of hydrogen-bond donors (Lipinski definition) is 3. The Morgan fingerprint density at radius 1 is 0.529 bits per heavy atom. The van der Waals surface area contributed by atoms with Gasteiger partial charge in [-0.05, 0) is 253 Å². The summed E-state index contributed by atoms with van der Waals surface area (Å²) >= 11 is 0. The number of nitro benzene ring substituents is 4. The largest absolute Gasteiger partial charge is 0.545 e. The Kier molecular flexibility index (Phi) is 29.7. The molecule has 0 radical (unpaired) electrons. The molecule has 1 saturated heterocycles. The van der Waals surface area contributed by atoms with Crippen LogP contribution in [-0.4, -0.2) is 174 Å². The van der Waals surface area contributed by atoms with E-state index in [-0.39, 0.29) is 124 Å². The lowest BCUT2D eigenvalue weighted by molar-refractivity contribution is -0.394. The molecule has 1 fully saturated rings. The Balaban J connectivity index is 0.000000195. The number of allylic oxidation sites excluding steroid dienone is 4. The second kappa shape index (κ2) is 40.1. The van der Waals surface area contributed by atoms with E-state index in [1.54, 1.807) is 6.07 Å². The minimum Gasteiger partial charge on any atom is -0.545 e. The number of carboxylic acid groups (broad SMARTS) is 2. The van der Waals surface area contributed by atoms with Gasteiger partial charge in [-0.25, -0.2) is 9.37 Å². The SMILES string of the molecule is CC1=CC(C)(C)C(C)c2cc3c(cc21)C(c1cc(C(=O)NCCOCCOCCCc2ccc([N+](=O)[O-])cc2[N+](=O)[O-])ccc1C(=O)[O-])=c1cc2c(cc1[Si]3(C)C)=C(C)C(C)(C)CC2C.CC1=CC(C)(C)N(C)c2cc3c(cc21)C(c1cc(C(=O)ON2C(=O)CCC2=O)ccc1C(=O)[O-])=c1cc2c(cc1[Si]3(C)C)=[N+](C)C(C)(C)C=C2C.NCCOCCOCCNc1ccc([N+](=O)[O-])cc1[N+](=O)[O-]. The molecule has 33 heteroatoms. The van der Waals surface area contributed by atoms with Crippen LogP contribution in [0.25, 0.3) is 33.4 Å². The first kappa shape index (κ1) is 102. The van der Waals surface area contributed by atoms with E-state index in [1.165, 1.54) is 98.0 Å². The third-order valence-corrected chi connectivity index (χ3v) is 35.7. The second-order valence-corrected chi connectivity index (χ2v) is 48.6. The Labute approximate surface area is 803 Å². The van der Waals surface area contributed by atoms with Crippen LogP contribution >= 0.6 is 0 Å². The number of rotatable bonds is 30. The highest BCUT2D eigenvalue weighted by Crippen LogP contribution is 2.48. The molecule has 2 aliphatic carbocycles. The van der Waals surface area contributed by atoms with Crippen LogP contribution in [0.5, 0.6) is 0 Å². The summed E-state index contributed by atoms with van der Waals surface area (Å²) in [6.45, 7) is 44.3. The van der Waals surface area contributed by atoms with Gasteiger partial charge in [-0.1, -0.05) is 116 Å². The monoisotopic (exact) mass is 1910 g/mol. The summed E-state index contributed by atoms with van der Waals surface area (Å²) in [7, 11) is -0.709. The number of carboxylic acids is 2. The number of benzene rings is 8. The molecule has 2 atom stereocenters. The Hall–Kier alpha value is -13.2. The van der Waals surface area contributed by atoms with Crippen molar-refractivity contribution in [2.45, 2.75) is 178 Å². The summed E-state index contributed by atoms with van der Waals surface area (Å²) in [5.74, 6) is -4.65. The van der Waals surface area contributed by atoms with Crippen molar-refractivity contribution in [3.05, 3.63) is 279 Å². The second-order valence-electron chi connectivity index (χ2n) is 40.0. The standard InChI is InChI=1S/C52H61N3O9Si.C41H43N3O6Si.C12H18N4O6/c1-30-28-51(5,6)32(3)40-26-46-43(24-38(30)40)48(44-25-39-31(2)29-52(7,8)33(4)41(39)27-47(44)65(46,9)10)42-22-35(14-16-37(42)50(57)58)49(56)53-17-19-64-21-20-63-18-11-12-34-13-15-36(54(59)60)23-45(34)55(61)62;1-22-20-40(3,4)42(7)31-18-33-29(16-26(22)31)37(30-17-27-23(2)21-41(5,6)43(8)32(27)19-34(30)51(33,9)10)28-15-24(11-12-25(28)38(47)48)39(49)50-44-35(45)13-14-36(44)46;13-3-5-21-7-8-22-6-4-14-11-2-1-10(15(17)18)9-12(11)16(19)20/h13-16,22-28,31-32H,11-12,17-21,29H2,1-10H3,(H,53,56)(H,57,58);11-12,15-21H,13-14H2,1-10H3;1-2,9,14H,3-8,13H2/p-1. The van der Waals surface area contributed by atoms with Gasteiger partial charge >= 0.3 is 5.97 Å². The zero-order chi connectivity index (χ0) is 101. The maximum atomic E-state index is 13.8. The van der Waals surface area contributed by atoms with Gasteiger partial charge in [0.25, 0.3) is 40.5 Å². The highest BCUT2D eigenvalue weighted by molar-refractivity contribution is 7.02. The van der Waals surface area contributed by atoms with E-state index in [1.807, 2.05) is 0 Å². The van der Waals surface area contributed by atoms with E-state index in [0.29, 0.717) is 91.9 Å². The molecule has 8 aromatic rings. The molecule has 0 aromatic heterocycles. The molecule has 726 valence electrons. The van der Waals surface area contributed by atoms with E-state index in [0.717, 1.165) is 89.4 Å². The van der Waals surface area contributed by atoms with Crippen LogP contribution in [0.1, 0.15) is 232 Å². The number of non-ortho nitro benzene ring substituents is 2. The first-order valence-corrected chi connectivity index (χ1v) is 52.4. The molecule has 4 N–H and O–H groups in total. The highest BCUT2D eigenvalue weighted by atomic mass is 28.3. The molecule has 0 bridgehead atoms. The van der Waals surface area contributed by atoms with Crippen molar-refractivity contribution >= 4 is 140 Å². The van der Waals surface area contributed by atoms with Crippen LogP contribution in [0.4, 0.5) is 34.1 Å². The molecule has 5 aliphatic heterocycles. The van der Waals surface area contributed by atoms with Gasteiger partial charge in [-0.2, -0.15) is 0 Å². The predicted octanol–water partition coefficient (Wildman–Crippen LogP) is 10.4. The van der Waals surface area contributed by atoms with Gasteiger partial charge in [-0.3, -0.25) is 54.8 Å². The third kappa shape index (κ3) is 20.4. The third-order valence-electron chi connectivity index (χ3n) is 28.6. The number of hydroxylamine groups is 2. The number of ether oxygens (including phenoxy) is 4. The maximum absolute atomic E-state index is 13.8. The van der Waals surface area contributed by atoms with Crippen molar-refractivity contribution in [3.8, 4) is 0 Å². The fourth-order valence-corrected chi connectivity index (χ4v) is 26.3. The fourth-order valence-electron chi connectivity index (χ4n) is 20.3. The molecule has 138 heavy (non-hydrogen) atoms. The molecule has 3 amide bonds. The number of amides is 3. The molecule has 7 aliphatic rings. The summed E-state index contributed by atoms with van der Waals surface area (Å²) in [6, 6.07) is 34.4. The maximum Gasteiger partial charge on any atom is 0.363 e. The Morgan fingerprint density at radius 3 is 1.64 bits per heavy atom. The quantitative estimate of drug-likeness (QED) is 0.00940. The molecule has 15 rings (SSSR count). The van der Waals surface area contributed by atoms with Crippen LogP contribution in [0.3, 0.4) is 0 Å². The van der Waals surface area contributed by atoms with E-state index in [4.69, 9.17) is 29.5 Å². The van der Waals surface area contributed by atoms with Crippen molar-refractivity contribution in [3.63, 3.8) is 0 Å². The molecule has 0 saturated carbocycles. The number of aromatic carboxylic acids is 2. The van der Waals surface area contributed by atoms with Crippen molar-refractivity contribution in [1.29, 1.82) is 0 Å². The number of carbonyl (C=O) groups is 6. The van der Waals surface area contributed by atoms with Crippen molar-refractivity contribution in [2.24, 2.45) is 16.6 Å². The average Bonchev–Trinajstić information content (AvgIpc) is 0.722. The van der Waals surface area contributed by atoms with Crippen LogP contribution in [0.15, 0.2) is 140 Å². The number of nitrogens with zero attached hydrogens (tertiary/aromatic N) is 7. The van der Waals surface area contributed by atoms with Crippen LogP contribution < -0.4 is 77.8 Å². The minimum absolute atomic E-state index is 0.00576. The van der Waals surface area contributed by atoms with Gasteiger partial charge in [0.1, 0.15) is 28.9 Å². The normalized spacial score (nSPS) is 17.7. The number of nitrogens with two attached hydrogens (primary N) is 1. The Bertz CT molecular complexity index is 6790. The first-order valence-electron chi connectivity index (χ1n) is 46.4. The smallest absolute Gasteiger partial charge is 0.363 e. The molecule has 5 heterocycles. The van der Waals surface area contributed by atoms with E-state index in [9.17, 15) is 79.4 Å². The number of fused-ring (bicyclic) bond motifs is 8. The zero-order valence-corrected chi connectivity index (χ0v) is 84.0. The van der Waals surface area contributed by atoms with Gasteiger partial charge < -0.3 is 64.9 Å². The number of likely N-dealkylation sites (N-methyl/N-ethyl adjacent to an activating group) is 2. The molecule has 31 nitrogen and oxygen atoms in total. The van der Waals surface area contributed by atoms with E-state index in [2.05, 4.69) is 224 Å².